The molecule has 0 saturated heterocycles. The van der Waals surface area contributed by atoms with Crippen molar-refractivity contribution in [3.63, 3.8) is 0 Å². The van der Waals surface area contributed by atoms with E-state index in [1.54, 1.807) is 0 Å². The van der Waals surface area contributed by atoms with Crippen molar-refractivity contribution in [2.24, 2.45) is 0 Å². The zero-order valence-corrected chi connectivity index (χ0v) is 13.5. The number of carboxylic acids is 1. The summed E-state index contributed by atoms with van der Waals surface area (Å²) in [5.74, 6) is -1.37. The molecule has 0 aromatic heterocycles. The Balaban J connectivity index is -0.000000251. The van der Waals surface area contributed by atoms with Crippen LogP contribution in [0.5, 0.6) is 0 Å². The predicted molar refractivity (Wildman–Crippen MR) is 64.3 cm³/mol. The summed E-state index contributed by atoms with van der Waals surface area (Å²) in [6, 6.07) is 0. The van der Waals surface area contributed by atoms with Gasteiger partial charge in [-0.05, 0) is 34.6 Å². The van der Waals surface area contributed by atoms with Crippen LogP contribution in [0.3, 0.4) is 0 Å². The van der Waals surface area contributed by atoms with Crippen LogP contribution < -0.4 is 0 Å². The van der Waals surface area contributed by atoms with Gasteiger partial charge in [0.15, 0.2) is 0 Å². The molecule has 0 aliphatic carbocycles. The van der Waals surface area contributed by atoms with E-state index >= 15 is 0 Å². The quantitative estimate of drug-likeness (QED) is 0.463. The molecule has 0 spiro atoms. The van der Waals surface area contributed by atoms with Crippen LogP contribution in [0.2, 0.25) is 0 Å². The van der Waals surface area contributed by atoms with Crippen LogP contribution >= 0.6 is 0 Å². The smallest absolute Gasteiger partial charge is 0.310 e. The summed E-state index contributed by atoms with van der Waals surface area (Å²) in [7, 11) is 0. The molecular formula is C12H23O5Ti-. The average Bonchev–Trinajstić information content (AvgIpc) is 1.97. The fourth-order valence-electron chi connectivity index (χ4n) is 0.905. The Morgan fingerprint density at radius 2 is 1.44 bits per heavy atom. The third-order valence-corrected chi connectivity index (χ3v) is 1.20. The van der Waals surface area contributed by atoms with Crippen LogP contribution in [0.4, 0.5) is 0 Å². The zero-order valence-electron chi connectivity index (χ0n) is 11.9. The second-order valence-corrected chi connectivity index (χ2v) is 4.10. The van der Waals surface area contributed by atoms with Gasteiger partial charge in [0.25, 0.3) is 0 Å². The molecule has 0 bridgehead atoms. The molecule has 0 unspecified atom stereocenters. The minimum Gasteiger partial charge on any atom is -0.520 e. The van der Waals surface area contributed by atoms with E-state index in [4.69, 9.17) is 14.6 Å². The third-order valence-electron chi connectivity index (χ3n) is 1.20. The summed E-state index contributed by atoms with van der Waals surface area (Å²) in [5.41, 5.74) is 0. The molecule has 0 saturated carbocycles. The van der Waals surface area contributed by atoms with Gasteiger partial charge in [0.2, 0.25) is 0 Å². The Hall–Kier alpha value is -0.226. The van der Waals surface area contributed by atoms with E-state index in [-0.39, 0.29) is 46.1 Å². The molecule has 0 rings (SSSR count). The Bertz CT molecular complexity index is 207. The summed E-state index contributed by atoms with van der Waals surface area (Å²) in [4.78, 5) is 19.5. The number of hydrogen-bond donors (Lipinski definition) is 1. The first kappa shape index (κ1) is 22.9. The van der Waals surface area contributed by atoms with Crippen molar-refractivity contribution in [1.82, 2.24) is 0 Å². The Morgan fingerprint density at radius 3 is 1.56 bits per heavy atom. The van der Waals surface area contributed by atoms with Crippen LogP contribution in [0.1, 0.15) is 48.0 Å². The maximum Gasteiger partial charge on any atom is 0.310 e. The van der Waals surface area contributed by atoms with Gasteiger partial charge in [-0.15, -0.1) is 6.92 Å². The van der Waals surface area contributed by atoms with E-state index in [1.165, 1.54) is 6.92 Å². The number of aliphatic carboxylic acids is 1. The number of rotatable bonds is 6. The number of hydrogen-bond acceptors (Lipinski definition) is 4. The number of carboxylic acid groups (broad SMARTS) is 1. The van der Waals surface area contributed by atoms with E-state index in [9.17, 15) is 9.59 Å². The van der Waals surface area contributed by atoms with Crippen molar-refractivity contribution < 1.29 is 45.9 Å². The molecular weight excluding hydrogens is 272 g/mol. The summed E-state index contributed by atoms with van der Waals surface area (Å²) >= 11 is 0. The van der Waals surface area contributed by atoms with E-state index in [0.717, 1.165) is 0 Å². The first-order valence-electron chi connectivity index (χ1n) is 5.53. The van der Waals surface area contributed by atoms with Gasteiger partial charge in [-0.1, -0.05) is 6.29 Å². The fraction of sp³-hybridized carbons (Fsp3) is 0.750. The number of ether oxygens (including phenoxy) is 2. The largest absolute Gasteiger partial charge is 0.520 e. The molecule has 0 amide bonds. The van der Waals surface area contributed by atoms with Crippen molar-refractivity contribution >= 4 is 11.8 Å². The maximum atomic E-state index is 9.87. The fourth-order valence-corrected chi connectivity index (χ4v) is 0.905. The van der Waals surface area contributed by atoms with E-state index in [1.807, 2.05) is 34.6 Å². The molecule has 0 fully saturated rings. The van der Waals surface area contributed by atoms with Crippen LogP contribution in [-0.4, -0.2) is 29.1 Å². The molecule has 0 aromatic rings. The van der Waals surface area contributed by atoms with Crippen LogP contribution in [0.25, 0.3) is 0 Å². The van der Waals surface area contributed by atoms with Crippen molar-refractivity contribution in [2.45, 2.75) is 60.2 Å². The van der Waals surface area contributed by atoms with Gasteiger partial charge in [-0.25, -0.2) is 0 Å². The minimum atomic E-state index is -1.06. The molecule has 6 heteroatoms. The second-order valence-electron chi connectivity index (χ2n) is 4.10. The number of carbonyl (C=O) groups excluding carboxylic acids is 1. The molecule has 0 heterocycles. The molecule has 1 N–H and O–H groups in total. The summed E-state index contributed by atoms with van der Waals surface area (Å²) in [6.07, 6.45) is 0.711. The number of carbonyl (C=O) groups is 2. The van der Waals surface area contributed by atoms with E-state index in [0.29, 0.717) is 6.29 Å². The van der Waals surface area contributed by atoms with Gasteiger partial charge < -0.3 is 14.6 Å². The normalized spacial score (nSPS) is 9.83. The van der Waals surface area contributed by atoms with Gasteiger partial charge in [-0.2, -0.15) is 0 Å². The standard InChI is InChI=1S/C8H17O2.C4H6O3.Ti/c1-6(2)9-8(5)10-7(3)4;1-3(5)2-4(6)7;/h6-7H,1-5H3;2H2,1H3,(H,6,7);/q-1;;. The number of ketones is 1. The SMILES string of the molecule is CC(=O)CC(=O)O.C[C-](OC(C)C)OC(C)C.[Ti]. The monoisotopic (exact) mass is 295 g/mol. The van der Waals surface area contributed by atoms with Gasteiger partial charge >= 0.3 is 5.97 Å². The maximum absolute atomic E-state index is 9.87. The topological polar surface area (TPSA) is 72.8 Å². The molecule has 106 valence electrons. The Morgan fingerprint density at radius 1 is 1.11 bits per heavy atom. The molecule has 0 aliphatic heterocycles. The predicted octanol–water partition coefficient (Wildman–Crippen LogP) is 2.39. The molecule has 5 nitrogen and oxygen atoms in total. The summed E-state index contributed by atoms with van der Waals surface area (Å²) in [5, 5.41) is 7.86. The first-order chi connectivity index (χ1) is 7.65. The molecule has 0 aliphatic rings. The van der Waals surface area contributed by atoms with E-state index < -0.39 is 5.97 Å². The third kappa shape index (κ3) is 24.8. The van der Waals surface area contributed by atoms with Crippen LogP contribution in [0, 0.1) is 6.29 Å². The Labute approximate surface area is 124 Å². The second kappa shape index (κ2) is 13.2. The van der Waals surface area contributed by atoms with Crippen molar-refractivity contribution in [3.8, 4) is 0 Å². The Kier molecular flexibility index (Phi) is 16.8. The zero-order chi connectivity index (χ0) is 14.0. The molecule has 0 aromatic carbocycles. The van der Waals surface area contributed by atoms with Gasteiger partial charge in [0.05, 0.1) is 0 Å². The molecule has 0 radical (unpaired) electrons. The molecule has 0 atom stereocenters. The van der Waals surface area contributed by atoms with Crippen molar-refractivity contribution in [1.29, 1.82) is 0 Å². The van der Waals surface area contributed by atoms with Gasteiger partial charge in [-0.3, -0.25) is 9.59 Å². The summed E-state index contributed by atoms with van der Waals surface area (Å²) < 4.78 is 10.5. The average molecular weight is 295 g/mol. The van der Waals surface area contributed by atoms with Crippen LogP contribution in [0.15, 0.2) is 0 Å². The van der Waals surface area contributed by atoms with Crippen LogP contribution in [-0.2, 0) is 40.8 Å². The molecule has 18 heavy (non-hydrogen) atoms. The van der Waals surface area contributed by atoms with Crippen molar-refractivity contribution in [2.75, 3.05) is 0 Å². The van der Waals surface area contributed by atoms with Gasteiger partial charge in [0.1, 0.15) is 12.2 Å². The summed E-state index contributed by atoms with van der Waals surface area (Å²) in [6.45, 7) is 11.0. The van der Waals surface area contributed by atoms with E-state index in [2.05, 4.69) is 0 Å². The number of Topliss-reactive ketones (excluding diaryl/α,β-unsaturated/α-hetero) is 1. The minimum absolute atomic E-state index is 0. The van der Waals surface area contributed by atoms with Gasteiger partial charge in [0, 0.05) is 33.9 Å². The first-order valence-corrected chi connectivity index (χ1v) is 5.53. The van der Waals surface area contributed by atoms with Crippen molar-refractivity contribution in [3.05, 3.63) is 6.29 Å².